The van der Waals surface area contributed by atoms with Gasteiger partial charge in [-0.05, 0) is 60.9 Å². The van der Waals surface area contributed by atoms with Crippen LogP contribution in [0.4, 0.5) is 0 Å². The molecule has 4 rings (SSSR count). The van der Waals surface area contributed by atoms with Crippen molar-refractivity contribution >= 4 is 5.91 Å². The summed E-state index contributed by atoms with van der Waals surface area (Å²) in [5.74, 6) is 1.20. The van der Waals surface area contributed by atoms with Gasteiger partial charge in [0.25, 0.3) is 5.91 Å². The molecule has 0 spiro atoms. The third-order valence-electron chi connectivity index (χ3n) is 5.30. The molecule has 136 valence electrons. The lowest BCUT2D eigenvalue weighted by molar-refractivity contribution is -0.131. The summed E-state index contributed by atoms with van der Waals surface area (Å²) in [5, 5.41) is 3.15. The molecule has 0 unspecified atom stereocenters. The second kappa shape index (κ2) is 7.40. The van der Waals surface area contributed by atoms with Gasteiger partial charge in [0.05, 0.1) is 6.04 Å². The van der Waals surface area contributed by atoms with Gasteiger partial charge in [-0.3, -0.25) is 4.79 Å². The normalized spacial score (nSPS) is 19.3. The average Bonchev–Trinajstić information content (AvgIpc) is 2.71. The maximum atomic E-state index is 12.7. The van der Waals surface area contributed by atoms with Crippen LogP contribution in [0.1, 0.15) is 48.9 Å². The van der Waals surface area contributed by atoms with Crippen LogP contribution in [-0.4, -0.2) is 18.6 Å². The summed E-state index contributed by atoms with van der Waals surface area (Å²) in [6.07, 6.45) is 5.08. The molecule has 0 radical (unpaired) electrons. The Hall–Kier alpha value is -2.49. The molecule has 0 fully saturated rings. The van der Waals surface area contributed by atoms with E-state index in [-0.39, 0.29) is 18.6 Å². The molecule has 2 atom stereocenters. The molecule has 2 aromatic rings. The second-order valence-corrected chi connectivity index (χ2v) is 7.07. The molecule has 1 heterocycles. The van der Waals surface area contributed by atoms with Crippen LogP contribution in [0.15, 0.2) is 42.5 Å². The molecule has 2 aliphatic rings. The molecular formula is C22H25NO3. The van der Waals surface area contributed by atoms with Crippen molar-refractivity contribution in [2.45, 2.75) is 51.2 Å². The van der Waals surface area contributed by atoms with E-state index < -0.39 is 6.10 Å². The fourth-order valence-electron chi connectivity index (χ4n) is 3.80. The summed E-state index contributed by atoms with van der Waals surface area (Å²) >= 11 is 0. The number of rotatable bonds is 4. The van der Waals surface area contributed by atoms with Gasteiger partial charge in [-0.25, -0.2) is 0 Å². The molecule has 1 N–H and O–H groups in total. The van der Waals surface area contributed by atoms with E-state index in [0.717, 1.165) is 12.8 Å². The van der Waals surface area contributed by atoms with Crippen LogP contribution in [0.3, 0.4) is 0 Å². The minimum absolute atomic E-state index is 0.00417. The molecule has 0 saturated heterocycles. The van der Waals surface area contributed by atoms with Crippen molar-refractivity contribution < 1.29 is 14.3 Å². The van der Waals surface area contributed by atoms with E-state index in [4.69, 9.17) is 9.47 Å². The lowest BCUT2D eigenvalue weighted by Gasteiger charge is -2.28. The summed E-state index contributed by atoms with van der Waals surface area (Å²) < 4.78 is 11.5. The van der Waals surface area contributed by atoms with Crippen molar-refractivity contribution in [2.24, 2.45) is 0 Å². The highest BCUT2D eigenvalue weighted by Crippen LogP contribution is 2.31. The van der Waals surface area contributed by atoms with E-state index in [1.807, 2.05) is 24.3 Å². The Labute approximate surface area is 154 Å². The van der Waals surface area contributed by atoms with Crippen LogP contribution in [0.25, 0.3) is 0 Å². The van der Waals surface area contributed by atoms with Crippen LogP contribution in [0.2, 0.25) is 0 Å². The number of benzene rings is 2. The first-order valence-corrected chi connectivity index (χ1v) is 9.55. The zero-order chi connectivity index (χ0) is 17.9. The maximum Gasteiger partial charge on any atom is 0.265 e. The van der Waals surface area contributed by atoms with Gasteiger partial charge in [-0.15, -0.1) is 0 Å². The SMILES string of the molecule is CC[C@H](NC(=O)[C@@H]1COc2ccccc2O1)c1ccc2c(c1)CCCC2. The number of hydrogen-bond acceptors (Lipinski definition) is 3. The molecule has 4 heteroatoms. The minimum atomic E-state index is -0.614. The lowest BCUT2D eigenvalue weighted by atomic mass is 9.89. The third kappa shape index (κ3) is 3.41. The Kier molecular flexibility index (Phi) is 4.83. The van der Waals surface area contributed by atoms with Gasteiger partial charge in [0.2, 0.25) is 6.10 Å². The molecule has 1 amide bonds. The maximum absolute atomic E-state index is 12.7. The highest BCUT2D eigenvalue weighted by Gasteiger charge is 2.29. The standard InChI is InChI=1S/C22H25NO3/c1-2-18(17-12-11-15-7-3-4-8-16(15)13-17)23-22(24)21-14-25-19-9-5-6-10-20(19)26-21/h5-6,9-13,18,21H,2-4,7-8,14H2,1H3,(H,23,24)/t18-,21-/m0/s1. The number of aryl methyl sites for hydroxylation is 2. The zero-order valence-electron chi connectivity index (χ0n) is 15.2. The molecular weight excluding hydrogens is 326 g/mol. The molecule has 0 saturated carbocycles. The van der Waals surface area contributed by atoms with Gasteiger partial charge in [0.15, 0.2) is 11.5 Å². The second-order valence-electron chi connectivity index (χ2n) is 7.07. The highest BCUT2D eigenvalue weighted by atomic mass is 16.6. The smallest absolute Gasteiger partial charge is 0.265 e. The van der Waals surface area contributed by atoms with Crippen molar-refractivity contribution in [3.05, 3.63) is 59.2 Å². The molecule has 2 aromatic carbocycles. The first-order chi connectivity index (χ1) is 12.7. The Morgan fingerprint density at radius 2 is 1.88 bits per heavy atom. The Balaban J connectivity index is 1.46. The van der Waals surface area contributed by atoms with Gasteiger partial charge in [0.1, 0.15) is 6.61 Å². The van der Waals surface area contributed by atoms with Gasteiger partial charge in [0, 0.05) is 0 Å². The highest BCUT2D eigenvalue weighted by molar-refractivity contribution is 5.82. The van der Waals surface area contributed by atoms with E-state index in [2.05, 4.69) is 30.4 Å². The van der Waals surface area contributed by atoms with Crippen LogP contribution in [0, 0.1) is 0 Å². The number of carbonyl (C=O) groups is 1. The fraction of sp³-hybridized carbons (Fsp3) is 0.409. The molecule has 1 aliphatic heterocycles. The summed E-state index contributed by atoms with van der Waals surface area (Å²) in [6, 6.07) is 14.1. The molecule has 1 aliphatic carbocycles. The van der Waals surface area contributed by atoms with E-state index in [1.165, 1.54) is 36.0 Å². The number of hydrogen-bond donors (Lipinski definition) is 1. The van der Waals surface area contributed by atoms with Crippen molar-refractivity contribution in [3.8, 4) is 11.5 Å². The molecule has 4 nitrogen and oxygen atoms in total. The van der Waals surface area contributed by atoms with E-state index in [1.54, 1.807) is 0 Å². The number of ether oxygens (including phenoxy) is 2. The number of carbonyl (C=O) groups excluding carboxylic acids is 1. The van der Waals surface area contributed by atoms with Crippen molar-refractivity contribution in [3.63, 3.8) is 0 Å². The largest absolute Gasteiger partial charge is 0.485 e. The summed E-state index contributed by atoms with van der Waals surface area (Å²) in [6.45, 7) is 2.33. The van der Waals surface area contributed by atoms with Crippen LogP contribution in [0.5, 0.6) is 11.5 Å². The number of para-hydroxylation sites is 2. The van der Waals surface area contributed by atoms with E-state index >= 15 is 0 Å². The Bertz CT molecular complexity index is 802. The van der Waals surface area contributed by atoms with Crippen molar-refractivity contribution in [1.82, 2.24) is 5.32 Å². The number of fused-ring (bicyclic) bond motifs is 2. The van der Waals surface area contributed by atoms with Crippen LogP contribution < -0.4 is 14.8 Å². The average molecular weight is 351 g/mol. The number of nitrogens with one attached hydrogen (secondary N) is 1. The fourth-order valence-corrected chi connectivity index (χ4v) is 3.80. The van der Waals surface area contributed by atoms with Gasteiger partial charge in [-0.1, -0.05) is 37.3 Å². The Morgan fingerprint density at radius 3 is 2.69 bits per heavy atom. The topological polar surface area (TPSA) is 47.6 Å². The summed E-state index contributed by atoms with van der Waals surface area (Å²) in [4.78, 5) is 12.7. The summed E-state index contributed by atoms with van der Waals surface area (Å²) in [7, 11) is 0. The van der Waals surface area contributed by atoms with Gasteiger partial charge >= 0.3 is 0 Å². The molecule has 0 bridgehead atoms. The van der Waals surface area contributed by atoms with Crippen LogP contribution >= 0.6 is 0 Å². The third-order valence-corrected chi connectivity index (χ3v) is 5.30. The number of amides is 1. The predicted molar refractivity (Wildman–Crippen MR) is 101 cm³/mol. The molecule has 0 aromatic heterocycles. The van der Waals surface area contributed by atoms with E-state index in [0.29, 0.717) is 11.5 Å². The van der Waals surface area contributed by atoms with E-state index in [9.17, 15) is 4.79 Å². The van der Waals surface area contributed by atoms with Gasteiger partial charge < -0.3 is 14.8 Å². The molecule has 26 heavy (non-hydrogen) atoms. The Morgan fingerprint density at radius 1 is 1.12 bits per heavy atom. The monoisotopic (exact) mass is 351 g/mol. The van der Waals surface area contributed by atoms with Gasteiger partial charge in [-0.2, -0.15) is 0 Å². The zero-order valence-corrected chi connectivity index (χ0v) is 15.2. The first kappa shape index (κ1) is 17.0. The van der Waals surface area contributed by atoms with Crippen LogP contribution in [-0.2, 0) is 17.6 Å². The quantitative estimate of drug-likeness (QED) is 0.907. The minimum Gasteiger partial charge on any atom is -0.485 e. The first-order valence-electron chi connectivity index (χ1n) is 9.55. The summed E-state index contributed by atoms with van der Waals surface area (Å²) in [5.41, 5.74) is 4.08. The predicted octanol–water partition coefficient (Wildman–Crippen LogP) is 3.97. The lowest BCUT2D eigenvalue weighted by Crippen LogP contribution is -2.45. The van der Waals surface area contributed by atoms with Crippen molar-refractivity contribution in [2.75, 3.05) is 6.61 Å². The van der Waals surface area contributed by atoms with Crippen molar-refractivity contribution in [1.29, 1.82) is 0 Å².